The average Bonchev–Trinajstić information content (AvgIpc) is 2.74. The first-order chi connectivity index (χ1) is 11.0. The molecule has 0 radical (unpaired) electrons. The Balaban J connectivity index is 2.03. The van der Waals surface area contributed by atoms with Gasteiger partial charge in [-0.2, -0.15) is 0 Å². The predicted molar refractivity (Wildman–Crippen MR) is 94.2 cm³/mol. The molecule has 1 saturated heterocycles. The number of fused-ring (bicyclic) bond motifs is 1. The van der Waals surface area contributed by atoms with Gasteiger partial charge in [0.25, 0.3) is 0 Å². The molecular formula is C20H28NO2+. The molecule has 1 fully saturated rings. The summed E-state index contributed by atoms with van der Waals surface area (Å²) in [5.74, 6) is 0.477. The van der Waals surface area contributed by atoms with E-state index in [-0.39, 0.29) is 5.63 Å². The molecule has 0 spiro atoms. The molecule has 23 heavy (non-hydrogen) atoms. The van der Waals surface area contributed by atoms with Gasteiger partial charge in [-0.3, -0.25) is 0 Å². The third-order valence-electron chi connectivity index (χ3n) is 5.09. The van der Waals surface area contributed by atoms with E-state index in [0.717, 1.165) is 23.1 Å². The zero-order valence-corrected chi connectivity index (χ0v) is 14.6. The molecule has 0 unspecified atom stereocenters. The van der Waals surface area contributed by atoms with Gasteiger partial charge in [0.1, 0.15) is 12.1 Å². The van der Waals surface area contributed by atoms with Crippen molar-refractivity contribution in [3.63, 3.8) is 0 Å². The Bertz CT molecular complexity index is 737. The maximum atomic E-state index is 12.0. The van der Waals surface area contributed by atoms with Gasteiger partial charge in [0.15, 0.2) is 0 Å². The van der Waals surface area contributed by atoms with E-state index in [1.54, 1.807) is 11.0 Å². The number of benzene rings is 1. The highest BCUT2D eigenvalue weighted by atomic mass is 16.4. The van der Waals surface area contributed by atoms with Crippen LogP contribution in [-0.2, 0) is 6.54 Å². The van der Waals surface area contributed by atoms with E-state index in [2.05, 4.69) is 26.8 Å². The Morgan fingerprint density at radius 2 is 1.78 bits per heavy atom. The molecule has 0 bridgehead atoms. The fourth-order valence-corrected chi connectivity index (χ4v) is 3.83. The average molecular weight is 314 g/mol. The monoisotopic (exact) mass is 314 g/mol. The van der Waals surface area contributed by atoms with Crippen molar-refractivity contribution in [3.05, 3.63) is 45.3 Å². The maximum absolute atomic E-state index is 12.0. The van der Waals surface area contributed by atoms with Crippen molar-refractivity contribution in [2.24, 2.45) is 0 Å². The van der Waals surface area contributed by atoms with Crippen LogP contribution in [0.15, 0.2) is 27.4 Å². The fourth-order valence-electron chi connectivity index (χ4n) is 3.83. The standard InChI is InChI=1S/C20H27NO2/c1-14(2)17-12-18-16(13-21-8-6-4-5-7-9-21)11-20(22)23-19(18)10-15(17)3/h10-12,14H,4-9,13H2,1-3H3/p+1. The van der Waals surface area contributed by atoms with E-state index in [1.165, 1.54) is 49.9 Å². The third kappa shape index (κ3) is 3.66. The zero-order valence-electron chi connectivity index (χ0n) is 14.6. The first kappa shape index (κ1) is 16.3. The van der Waals surface area contributed by atoms with Gasteiger partial charge in [0, 0.05) is 17.0 Å². The minimum absolute atomic E-state index is 0.224. The van der Waals surface area contributed by atoms with Gasteiger partial charge in [0.05, 0.1) is 13.1 Å². The summed E-state index contributed by atoms with van der Waals surface area (Å²) in [6.07, 6.45) is 5.28. The van der Waals surface area contributed by atoms with Crippen LogP contribution in [0.2, 0.25) is 0 Å². The first-order valence-corrected chi connectivity index (χ1v) is 8.95. The predicted octanol–water partition coefficient (Wildman–Crippen LogP) is 3.18. The van der Waals surface area contributed by atoms with Gasteiger partial charge in [-0.15, -0.1) is 0 Å². The third-order valence-corrected chi connectivity index (χ3v) is 5.09. The molecule has 0 aliphatic carbocycles. The maximum Gasteiger partial charge on any atom is 0.336 e. The van der Waals surface area contributed by atoms with Crippen LogP contribution in [0.25, 0.3) is 11.0 Å². The highest BCUT2D eigenvalue weighted by Gasteiger charge is 2.17. The van der Waals surface area contributed by atoms with E-state index >= 15 is 0 Å². The van der Waals surface area contributed by atoms with Gasteiger partial charge in [-0.1, -0.05) is 13.8 Å². The van der Waals surface area contributed by atoms with Crippen LogP contribution in [0.1, 0.15) is 62.1 Å². The second-order valence-corrected chi connectivity index (χ2v) is 7.29. The van der Waals surface area contributed by atoms with Crippen LogP contribution in [0, 0.1) is 6.92 Å². The van der Waals surface area contributed by atoms with Crippen molar-refractivity contribution < 1.29 is 9.32 Å². The van der Waals surface area contributed by atoms with Gasteiger partial charge >= 0.3 is 5.63 Å². The zero-order chi connectivity index (χ0) is 16.4. The molecule has 124 valence electrons. The Hall–Kier alpha value is -1.61. The largest absolute Gasteiger partial charge is 0.423 e. The summed E-state index contributed by atoms with van der Waals surface area (Å²) in [6, 6.07) is 5.98. The molecule has 3 nitrogen and oxygen atoms in total. The Morgan fingerprint density at radius 3 is 2.43 bits per heavy atom. The summed E-state index contributed by atoms with van der Waals surface area (Å²) in [7, 11) is 0. The molecule has 0 atom stereocenters. The highest BCUT2D eigenvalue weighted by molar-refractivity contribution is 5.82. The lowest BCUT2D eigenvalue weighted by molar-refractivity contribution is -0.913. The molecule has 3 heteroatoms. The molecule has 1 aromatic carbocycles. The number of hydrogen-bond donors (Lipinski definition) is 1. The summed E-state index contributed by atoms with van der Waals surface area (Å²) in [5, 5.41) is 1.12. The van der Waals surface area contributed by atoms with Crippen molar-refractivity contribution in [1.82, 2.24) is 0 Å². The molecule has 1 aliphatic heterocycles. The molecule has 2 heterocycles. The number of aryl methyl sites for hydroxylation is 1. The lowest BCUT2D eigenvalue weighted by Gasteiger charge is -2.18. The van der Waals surface area contributed by atoms with Crippen LogP contribution in [0.3, 0.4) is 0 Å². The van der Waals surface area contributed by atoms with E-state index in [1.807, 2.05) is 6.07 Å². The molecule has 0 saturated carbocycles. The number of nitrogens with one attached hydrogen (secondary N) is 1. The molecule has 1 aromatic heterocycles. The van der Waals surface area contributed by atoms with E-state index in [0.29, 0.717) is 5.92 Å². The summed E-state index contributed by atoms with van der Waals surface area (Å²) in [4.78, 5) is 13.6. The van der Waals surface area contributed by atoms with Gasteiger partial charge in [-0.05, 0) is 61.8 Å². The highest BCUT2D eigenvalue weighted by Crippen LogP contribution is 2.26. The van der Waals surface area contributed by atoms with Crippen LogP contribution < -0.4 is 10.5 Å². The van der Waals surface area contributed by atoms with Crippen LogP contribution in [0.4, 0.5) is 0 Å². The number of hydrogen-bond acceptors (Lipinski definition) is 2. The van der Waals surface area contributed by atoms with E-state index < -0.39 is 0 Å². The second-order valence-electron chi connectivity index (χ2n) is 7.29. The smallest absolute Gasteiger partial charge is 0.336 e. The number of likely N-dealkylation sites (tertiary alicyclic amines) is 1. The van der Waals surface area contributed by atoms with Crippen LogP contribution in [0.5, 0.6) is 0 Å². The first-order valence-electron chi connectivity index (χ1n) is 8.95. The van der Waals surface area contributed by atoms with Gasteiger partial charge in [-0.25, -0.2) is 4.79 Å². The van der Waals surface area contributed by atoms with Crippen molar-refractivity contribution >= 4 is 11.0 Å². The molecule has 3 rings (SSSR count). The Kier molecular flexibility index (Phi) is 4.86. The Labute approximate surface area is 138 Å². The number of quaternary nitrogens is 1. The lowest BCUT2D eigenvalue weighted by atomic mass is 9.95. The molecule has 0 amide bonds. The molecular weight excluding hydrogens is 286 g/mol. The Morgan fingerprint density at radius 1 is 1.09 bits per heavy atom. The van der Waals surface area contributed by atoms with Crippen LogP contribution >= 0.6 is 0 Å². The molecule has 2 aromatic rings. The van der Waals surface area contributed by atoms with Crippen molar-refractivity contribution in [2.45, 2.75) is 58.9 Å². The van der Waals surface area contributed by atoms with Crippen LogP contribution in [-0.4, -0.2) is 13.1 Å². The minimum atomic E-state index is -0.224. The summed E-state index contributed by atoms with van der Waals surface area (Å²) < 4.78 is 5.47. The summed E-state index contributed by atoms with van der Waals surface area (Å²) in [6.45, 7) is 9.89. The topological polar surface area (TPSA) is 34.6 Å². The van der Waals surface area contributed by atoms with E-state index in [9.17, 15) is 4.79 Å². The molecule has 1 N–H and O–H groups in total. The normalized spacial score (nSPS) is 16.9. The SMILES string of the molecule is Cc1cc2oc(=O)cc(C[NH+]3CCCCCC3)c2cc1C(C)C. The lowest BCUT2D eigenvalue weighted by Crippen LogP contribution is -3.10. The second kappa shape index (κ2) is 6.88. The van der Waals surface area contributed by atoms with Crippen molar-refractivity contribution in [1.29, 1.82) is 0 Å². The van der Waals surface area contributed by atoms with Gasteiger partial charge in [0.2, 0.25) is 0 Å². The van der Waals surface area contributed by atoms with E-state index in [4.69, 9.17) is 4.42 Å². The van der Waals surface area contributed by atoms with Crippen molar-refractivity contribution in [2.75, 3.05) is 13.1 Å². The van der Waals surface area contributed by atoms with Gasteiger partial charge < -0.3 is 9.32 Å². The quantitative estimate of drug-likeness (QED) is 0.883. The number of rotatable bonds is 3. The molecule has 1 aliphatic rings. The minimum Gasteiger partial charge on any atom is -0.423 e. The summed E-state index contributed by atoms with van der Waals surface area (Å²) >= 11 is 0. The summed E-state index contributed by atoms with van der Waals surface area (Å²) in [5.41, 5.74) is 4.21. The van der Waals surface area contributed by atoms with Crippen molar-refractivity contribution in [3.8, 4) is 0 Å². The fraction of sp³-hybridized carbons (Fsp3) is 0.550.